The molecule has 22 heavy (non-hydrogen) atoms. The zero-order valence-electron chi connectivity index (χ0n) is 14.1. The van der Waals surface area contributed by atoms with Gasteiger partial charge in [-0.1, -0.05) is 24.6 Å². The molecule has 1 aromatic rings. The molecule has 0 atom stereocenters. The number of benzene rings is 1. The van der Waals surface area contributed by atoms with Crippen molar-refractivity contribution in [3.8, 4) is 0 Å². The monoisotopic (exact) mass is 301 g/mol. The van der Waals surface area contributed by atoms with Crippen LogP contribution < -0.4 is 10.7 Å². The highest BCUT2D eigenvalue weighted by Gasteiger charge is 2.13. The molecule has 0 radical (unpaired) electrons. The van der Waals surface area contributed by atoms with Gasteiger partial charge < -0.3 is 5.32 Å². The SMILES string of the molecule is Cc1cc(C)c(NCC(=O)NN=C2CCC(C)CC2)c(C)c1. The van der Waals surface area contributed by atoms with Crippen LogP contribution in [0.3, 0.4) is 0 Å². The Hall–Kier alpha value is -1.84. The third kappa shape index (κ3) is 4.58. The van der Waals surface area contributed by atoms with Crippen molar-refractivity contribution in [2.75, 3.05) is 11.9 Å². The first-order chi connectivity index (χ1) is 10.5. The summed E-state index contributed by atoms with van der Waals surface area (Å²) >= 11 is 0. The zero-order chi connectivity index (χ0) is 16.1. The maximum atomic E-state index is 11.9. The Morgan fingerprint density at radius 1 is 1.18 bits per heavy atom. The van der Waals surface area contributed by atoms with E-state index < -0.39 is 0 Å². The van der Waals surface area contributed by atoms with Crippen LogP contribution in [-0.4, -0.2) is 18.2 Å². The van der Waals surface area contributed by atoms with Gasteiger partial charge in [0, 0.05) is 11.4 Å². The minimum Gasteiger partial charge on any atom is -0.376 e. The van der Waals surface area contributed by atoms with Gasteiger partial charge in [-0.05, 0) is 63.5 Å². The lowest BCUT2D eigenvalue weighted by Crippen LogP contribution is -2.28. The topological polar surface area (TPSA) is 53.5 Å². The molecular weight excluding hydrogens is 274 g/mol. The van der Waals surface area contributed by atoms with E-state index in [0.717, 1.165) is 41.3 Å². The highest BCUT2D eigenvalue weighted by atomic mass is 16.2. The summed E-state index contributed by atoms with van der Waals surface area (Å²) in [5.41, 5.74) is 8.40. The lowest BCUT2D eigenvalue weighted by molar-refractivity contribution is -0.119. The van der Waals surface area contributed by atoms with Crippen LogP contribution in [0, 0.1) is 26.7 Å². The van der Waals surface area contributed by atoms with E-state index in [4.69, 9.17) is 0 Å². The van der Waals surface area contributed by atoms with Gasteiger partial charge in [-0.3, -0.25) is 4.79 Å². The fraction of sp³-hybridized carbons (Fsp3) is 0.556. The summed E-state index contributed by atoms with van der Waals surface area (Å²) in [6.07, 6.45) is 4.36. The van der Waals surface area contributed by atoms with Gasteiger partial charge in [0.15, 0.2) is 0 Å². The molecule has 1 aromatic carbocycles. The van der Waals surface area contributed by atoms with Crippen molar-refractivity contribution < 1.29 is 4.79 Å². The molecular formula is C18H27N3O. The number of nitrogens with zero attached hydrogens (tertiary/aromatic N) is 1. The fourth-order valence-corrected chi connectivity index (χ4v) is 3.02. The van der Waals surface area contributed by atoms with Crippen LogP contribution in [0.4, 0.5) is 5.69 Å². The van der Waals surface area contributed by atoms with Gasteiger partial charge in [0.1, 0.15) is 0 Å². The number of nitrogens with one attached hydrogen (secondary N) is 2. The third-order valence-corrected chi connectivity index (χ3v) is 4.29. The van der Waals surface area contributed by atoms with Gasteiger partial charge in [-0.2, -0.15) is 5.10 Å². The van der Waals surface area contributed by atoms with E-state index in [2.05, 4.69) is 55.7 Å². The molecule has 1 saturated carbocycles. The van der Waals surface area contributed by atoms with E-state index in [9.17, 15) is 4.79 Å². The summed E-state index contributed by atoms with van der Waals surface area (Å²) in [5.74, 6) is 0.689. The smallest absolute Gasteiger partial charge is 0.259 e. The molecule has 4 nitrogen and oxygen atoms in total. The zero-order valence-corrected chi connectivity index (χ0v) is 14.1. The summed E-state index contributed by atoms with van der Waals surface area (Å²) in [5, 5.41) is 7.49. The van der Waals surface area contributed by atoms with Crippen LogP contribution in [0.25, 0.3) is 0 Å². The number of rotatable bonds is 4. The minimum absolute atomic E-state index is 0.0921. The van der Waals surface area contributed by atoms with Crippen LogP contribution in [0.1, 0.15) is 49.3 Å². The van der Waals surface area contributed by atoms with Crippen molar-refractivity contribution in [3.63, 3.8) is 0 Å². The number of anilines is 1. The number of hydrogen-bond acceptors (Lipinski definition) is 3. The molecule has 1 amide bonds. The van der Waals surface area contributed by atoms with E-state index in [-0.39, 0.29) is 12.5 Å². The van der Waals surface area contributed by atoms with Crippen molar-refractivity contribution in [3.05, 3.63) is 28.8 Å². The lowest BCUT2D eigenvalue weighted by atomic mass is 9.90. The second kappa shape index (κ2) is 7.43. The molecule has 0 saturated heterocycles. The first kappa shape index (κ1) is 16.5. The third-order valence-electron chi connectivity index (χ3n) is 4.29. The van der Waals surface area contributed by atoms with Gasteiger partial charge in [0.05, 0.1) is 6.54 Å². The summed E-state index contributed by atoms with van der Waals surface area (Å²) < 4.78 is 0. The van der Waals surface area contributed by atoms with Gasteiger partial charge in [0.2, 0.25) is 0 Å². The molecule has 1 aliphatic carbocycles. The van der Waals surface area contributed by atoms with Crippen LogP contribution in [-0.2, 0) is 4.79 Å². The van der Waals surface area contributed by atoms with E-state index in [0.29, 0.717) is 0 Å². The molecule has 0 spiro atoms. The standard InChI is InChI=1S/C18H27N3O/c1-12-5-7-16(8-6-12)20-21-17(22)11-19-18-14(3)9-13(2)10-15(18)4/h9-10,12,19H,5-8,11H2,1-4H3,(H,21,22). The molecule has 4 heteroatoms. The van der Waals surface area contributed by atoms with Gasteiger partial charge in [-0.15, -0.1) is 0 Å². The second-order valence-electron chi connectivity index (χ2n) is 6.52. The van der Waals surface area contributed by atoms with Gasteiger partial charge >= 0.3 is 0 Å². The van der Waals surface area contributed by atoms with Gasteiger partial charge in [-0.25, -0.2) is 5.43 Å². The molecule has 2 N–H and O–H groups in total. The second-order valence-corrected chi connectivity index (χ2v) is 6.52. The van der Waals surface area contributed by atoms with Crippen LogP contribution in [0.15, 0.2) is 17.2 Å². The molecule has 1 fully saturated rings. The summed E-state index contributed by atoms with van der Waals surface area (Å²) in [4.78, 5) is 11.9. The Bertz CT molecular complexity index is 545. The highest BCUT2D eigenvalue weighted by molar-refractivity contribution is 5.87. The maximum absolute atomic E-state index is 11.9. The largest absolute Gasteiger partial charge is 0.376 e. The average molecular weight is 301 g/mol. The van der Waals surface area contributed by atoms with E-state index >= 15 is 0 Å². The molecule has 0 aromatic heterocycles. The van der Waals surface area contributed by atoms with Crippen molar-refractivity contribution in [2.45, 2.75) is 53.4 Å². The van der Waals surface area contributed by atoms with Crippen molar-refractivity contribution >= 4 is 17.3 Å². The fourth-order valence-electron chi connectivity index (χ4n) is 3.02. The normalized spacial score (nSPS) is 18.0. The molecule has 0 unspecified atom stereocenters. The van der Waals surface area contributed by atoms with Crippen LogP contribution in [0.2, 0.25) is 0 Å². The quantitative estimate of drug-likeness (QED) is 0.833. The Labute approximate surface area is 133 Å². The number of carbonyl (C=O) groups excluding carboxylic acids is 1. The van der Waals surface area contributed by atoms with Crippen LogP contribution in [0.5, 0.6) is 0 Å². The summed E-state index contributed by atoms with van der Waals surface area (Å²) in [6, 6.07) is 4.24. The van der Waals surface area contributed by atoms with Gasteiger partial charge in [0.25, 0.3) is 5.91 Å². The Morgan fingerprint density at radius 2 is 1.77 bits per heavy atom. The summed E-state index contributed by atoms with van der Waals surface area (Å²) in [6.45, 7) is 8.72. The lowest BCUT2D eigenvalue weighted by Gasteiger charge is -2.18. The molecule has 0 heterocycles. The van der Waals surface area contributed by atoms with Crippen molar-refractivity contribution in [2.24, 2.45) is 11.0 Å². The van der Waals surface area contributed by atoms with E-state index in [1.165, 1.54) is 18.4 Å². The number of hydrogen-bond donors (Lipinski definition) is 2. The molecule has 2 rings (SSSR count). The minimum atomic E-state index is -0.0921. The Morgan fingerprint density at radius 3 is 2.36 bits per heavy atom. The number of amides is 1. The number of hydrazone groups is 1. The predicted octanol–water partition coefficient (Wildman–Crippen LogP) is 3.71. The first-order valence-electron chi connectivity index (χ1n) is 8.11. The Balaban J connectivity index is 1.85. The average Bonchev–Trinajstić information content (AvgIpc) is 2.45. The number of aryl methyl sites for hydroxylation is 3. The van der Waals surface area contributed by atoms with Crippen LogP contribution >= 0.6 is 0 Å². The number of carbonyl (C=O) groups is 1. The molecule has 120 valence electrons. The van der Waals surface area contributed by atoms with E-state index in [1.54, 1.807) is 0 Å². The maximum Gasteiger partial charge on any atom is 0.259 e. The first-order valence-corrected chi connectivity index (χ1v) is 8.11. The molecule has 0 aliphatic heterocycles. The Kier molecular flexibility index (Phi) is 5.58. The van der Waals surface area contributed by atoms with Crippen molar-refractivity contribution in [1.29, 1.82) is 0 Å². The highest BCUT2D eigenvalue weighted by Crippen LogP contribution is 2.22. The molecule has 0 bridgehead atoms. The molecule has 1 aliphatic rings. The van der Waals surface area contributed by atoms with Crippen molar-refractivity contribution in [1.82, 2.24) is 5.43 Å². The van der Waals surface area contributed by atoms with E-state index in [1.807, 2.05) is 0 Å². The summed E-state index contributed by atoms with van der Waals surface area (Å²) in [7, 11) is 0. The predicted molar refractivity (Wildman–Crippen MR) is 92.4 cm³/mol.